The molecule has 2 N–H and O–H groups in total. The van der Waals surface area contributed by atoms with E-state index in [0.29, 0.717) is 5.69 Å². The van der Waals surface area contributed by atoms with Crippen molar-refractivity contribution in [2.45, 2.75) is 12.8 Å². The van der Waals surface area contributed by atoms with Crippen molar-refractivity contribution < 1.29 is 14.7 Å². The first-order valence-electron chi connectivity index (χ1n) is 5.75. The molecule has 0 saturated carbocycles. The topological polar surface area (TPSA) is 84.2 Å². The van der Waals surface area contributed by atoms with Gasteiger partial charge in [-0.15, -0.1) is 0 Å². The van der Waals surface area contributed by atoms with Gasteiger partial charge in [0.2, 0.25) is 5.91 Å². The lowest BCUT2D eigenvalue weighted by atomic mass is 10.2. The largest absolute Gasteiger partial charge is 0.481 e. The molecule has 19 heavy (non-hydrogen) atoms. The quantitative estimate of drug-likeness (QED) is 0.855. The Labute approximate surface area is 109 Å². The molecule has 0 unspecified atom stereocenters. The molecule has 6 heteroatoms. The smallest absolute Gasteiger partial charge is 0.303 e. The number of nitrogens with zero attached hydrogens (tertiary/aromatic N) is 2. The fourth-order valence-electron chi connectivity index (χ4n) is 1.60. The highest BCUT2D eigenvalue weighted by atomic mass is 16.4. The number of carbonyl (C=O) groups is 2. The number of aromatic nitrogens is 2. The number of nitrogens with one attached hydrogen (secondary N) is 1. The van der Waals surface area contributed by atoms with Crippen molar-refractivity contribution in [3.8, 4) is 5.69 Å². The summed E-state index contributed by atoms with van der Waals surface area (Å²) in [4.78, 5) is 25.8. The molecule has 0 aliphatic carbocycles. The number of carboxylic acid groups (broad SMARTS) is 1. The first-order chi connectivity index (χ1) is 9.15. The lowest BCUT2D eigenvalue weighted by molar-refractivity contribution is -0.138. The van der Waals surface area contributed by atoms with Crippen molar-refractivity contribution in [2.75, 3.05) is 5.32 Å². The van der Waals surface area contributed by atoms with E-state index in [1.54, 1.807) is 30.9 Å². The predicted octanol–water partition coefficient (Wildman–Crippen LogP) is 1.68. The molecule has 2 rings (SSSR count). The Kier molecular flexibility index (Phi) is 3.92. The van der Waals surface area contributed by atoms with Crippen LogP contribution in [-0.4, -0.2) is 26.5 Å². The number of anilines is 1. The molecule has 0 aliphatic heterocycles. The number of carbonyl (C=O) groups excluding carboxylic acids is 1. The van der Waals surface area contributed by atoms with Gasteiger partial charge in [-0.3, -0.25) is 9.59 Å². The van der Waals surface area contributed by atoms with Gasteiger partial charge in [-0.1, -0.05) is 6.07 Å². The molecule has 0 aliphatic rings. The zero-order chi connectivity index (χ0) is 13.7. The Hall–Kier alpha value is -2.63. The third-order valence-electron chi connectivity index (χ3n) is 2.50. The van der Waals surface area contributed by atoms with Gasteiger partial charge >= 0.3 is 5.97 Å². The Morgan fingerprint density at radius 3 is 2.84 bits per heavy atom. The van der Waals surface area contributed by atoms with Gasteiger partial charge in [0.1, 0.15) is 0 Å². The van der Waals surface area contributed by atoms with Crippen molar-refractivity contribution >= 4 is 17.6 Å². The lowest BCUT2D eigenvalue weighted by Crippen LogP contribution is -2.13. The lowest BCUT2D eigenvalue weighted by Gasteiger charge is -2.07. The van der Waals surface area contributed by atoms with Gasteiger partial charge in [0.05, 0.1) is 12.7 Å². The van der Waals surface area contributed by atoms with Crippen LogP contribution in [0.1, 0.15) is 12.8 Å². The second-order valence-corrected chi connectivity index (χ2v) is 3.96. The number of hydrogen-bond acceptors (Lipinski definition) is 3. The summed E-state index contributed by atoms with van der Waals surface area (Å²) in [5.74, 6) is -1.30. The zero-order valence-corrected chi connectivity index (χ0v) is 10.1. The highest BCUT2D eigenvalue weighted by Crippen LogP contribution is 2.14. The average molecular weight is 259 g/mol. The standard InChI is InChI=1S/C13H13N3O3/c17-12(4-5-13(18)19)15-10-2-1-3-11(8-10)16-7-6-14-9-16/h1-3,6-9H,4-5H2,(H,15,17)(H,18,19). The summed E-state index contributed by atoms with van der Waals surface area (Å²) < 4.78 is 1.81. The van der Waals surface area contributed by atoms with Crippen LogP contribution >= 0.6 is 0 Å². The Morgan fingerprint density at radius 2 is 2.16 bits per heavy atom. The molecule has 1 heterocycles. The van der Waals surface area contributed by atoms with E-state index in [9.17, 15) is 9.59 Å². The minimum atomic E-state index is -0.984. The van der Waals surface area contributed by atoms with Gasteiger partial charge < -0.3 is 15.0 Å². The first kappa shape index (κ1) is 12.8. The maximum atomic E-state index is 11.5. The zero-order valence-electron chi connectivity index (χ0n) is 10.1. The summed E-state index contributed by atoms with van der Waals surface area (Å²) in [5, 5.41) is 11.2. The third-order valence-corrected chi connectivity index (χ3v) is 2.50. The summed E-state index contributed by atoms with van der Waals surface area (Å²) in [7, 11) is 0. The van der Waals surface area contributed by atoms with Crippen LogP contribution in [-0.2, 0) is 9.59 Å². The fraction of sp³-hybridized carbons (Fsp3) is 0.154. The molecule has 0 saturated heterocycles. The Morgan fingerprint density at radius 1 is 1.32 bits per heavy atom. The van der Waals surface area contributed by atoms with E-state index in [-0.39, 0.29) is 18.7 Å². The van der Waals surface area contributed by atoms with E-state index >= 15 is 0 Å². The summed E-state index contributed by atoms with van der Waals surface area (Å²) in [6.07, 6.45) is 4.91. The van der Waals surface area contributed by atoms with Gasteiger partial charge in [0.15, 0.2) is 0 Å². The Balaban J connectivity index is 2.03. The predicted molar refractivity (Wildman–Crippen MR) is 69.1 cm³/mol. The second kappa shape index (κ2) is 5.81. The maximum absolute atomic E-state index is 11.5. The van der Waals surface area contributed by atoms with Crippen LogP contribution in [0, 0.1) is 0 Å². The normalized spacial score (nSPS) is 10.1. The summed E-state index contributed by atoms with van der Waals surface area (Å²) in [5.41, 5.74) is 1.50. The number of hydrogen-bond donors (Lipinski definition) is 2. The van der Waals surface area contributed by atoms with E-state index in [4.69, 9.17) is 5.11 Å². The number of carboxylic acids is 1. The third kappa shape index (κ3) is 3.67. The van der Waals surface area contributed by atoms with Gasteiger partial charge in [0, 0.05) is 30.2 Å². The fourth-order valence-corrected chi connectivity index (χ4v) is 1.60. The first-order valence-corrected chi connectivity index (χ1v) is 5.75. The van der Waals surface area contributed by atoms with Crippen LogP contribution in [0.15, 0.2) is 43.0 Å². The van der Waals surface area contributed by atoms with Crippen molar-refractivity contribution in [3.05, 3.63) is 43.0 Å². The molecular weight excluding hydrogens is 246 g/mol. The number of rotatable bonds is 5. The van der Waals surface area contributed by atoms with Crippen molar-refractivity contribution in [2.24, 2.45) is 0 Å². The molecule has 1 amide bonds. The van der Waals surface area contributed by atoms with E-state index in [0.717, 1.165) is 5.69 Å². The minimum absolute atomic E-state index is 0.0371. The SMILES string of the molecule is O=C(O)CCC(=O)Nc1cccc(-n2ccnc2)c1. The number of aliphatic carboxylic acids is 1. The van der Waals surface area contributed by atoms with Gasteiger partial charge in [-0.25, -0.2) is 4.98 Å². The second-order valence-electron chi connectivity index (χ2n) is 3.96. The van der Waals surface area contributed by atoms with Crippen molar-refractivity contribution in [1.29, 1.82) is 0 Å². The molecule has 0 fully saturated rings. The van der Waals surface area contributed by atoms with Crippen LogP contribution < -0.4 is 5.32 Å². The molecule has 0 bridgehead atoms. The van der Waals surface area contributed by atoms with E-state index in [2.05, 4.69) is 10.3 Å². The highest BCUT2D eigenvalue weighted by molar-refractivity contribution is 5.92. The maximum Gasteiger partial charge on any atom is 0.303 e. The van der Waals surface area contributed by atoms with Crippen molar-refractivity contribution in [1.82, 2.24) is 9.55 Å². The van der Waals surface area contributed by atoms with Gasteiger partial charge in [0.25, 0.3) is 0 Å². The molecule has 0 radical (unpaired) electrons. The molecule has 1 aromatic heterocycles. The average Bonchev–Trinajstić information content (AvgIpc) is 2.90. The van der Waals surface area contributed by atoms with Crippen LogP contribution in [0.2, 0.25) is 0 Å². The summed E-state index contributed by atoms with van der Waals surface area (Å²) >= 11 is 0. The van der Waals surface area contributed by atoms with E-state index in [1.807, 2.05) is 16.7 Å². The van der Waals surface area contributed by atoms with Gasteiger partial charge in [-0.2, -0.15) is 0 Å². The number of imidazole rings is 1. The van der Waals surface area contributed by atoms with Crippen LogP contribution in [0.25, 0.3) is 5.69 Å². The van der Waals surface area contributed by atoms with Crippen molar-refractivity contribution in [3.63, 3.8) is 0 Å². The minimum Gasteiger partial charge on any atom is -0.481 e. The summed E-state index contributed by atoms with van der Waals surface area (Å²) in [6, 6.07) is 7.23. The van der Waals surface area contributed by atoms with Crippen LogP contribution in [0.4, 0.5) is 5.69 Å². The molecule has 98 valence electrons. The number of benzene rings is 1. The molecular formula is C13H13N3O3. The summed E-state index contributed by atoms with van der Waals surface area (Å²) in [6.45, 7) is 0. The van der Waals surface area contributed by atoms with E-state index in [1.165, 1.54) is 0 Å². The van der Waals surface area contributed by atoms with Gasteiger partial charge in [-0.05, 0) is 18.2 Å². The van der Waals surface area contributed by atoms with Crippen LogP contribution in [0.5, 0.6) is 0 Å². The molecule has 1 aromatic carbocycles. The highest BCUT2D eigenvalue weighted by Gasteiger charge is 2.06. The molecule has 0 spiro atoms. The monoisotopic (exact) mass is 259 g/mol. The Bertz CT molecular complexity index is 579. The molecule has 2 aromatic rings. The van der Waals surface area contributed by atoms with Crippen LogP contribution in [0.3, 0.4) is 0 Å². The number of amides is 1. The van der Waals surface area contributed by atoms with E-state index < -0.39 is 5.97 Å². The molecule has 0 atom stereocenters. The molecule has 6 nitrogen and oxygen atoms in total.